The molecule has 1 atom stereocenters. The van der Waals surface area contributed by atoms with Crippen LogP contribution in [0.1, 0.15) is 27.1 Å². The second-order valence-electron chi connectivity index (χ2n) is 7.07. The normalized spacial score (nSPS) is 19.5. The third kappa shape index (κ3) is 4.17. The van der Waals surface area contributed by atoms with Crippen molar-refractivity contribution in [2.24, 2.45) is 0 Å². The predicted octanol–water partition coefficient (Wildman–Crippen LogP) is 2.45. The minimum absolute atomic E-state index is 0.00789. The van der Waals surface area contributed by atoms with Crippen LogP contribution in [0, 0.1) is 0 Å². The number of likely N-dealkylation sites (tertiary alicyclic amines) is 1. The Bertz CT molecular complexity index is 816. The molecular formula is C22H24N2O4. The third-order valence-corrected chi connectivity index (χ3v) is 5.16. The molecule has 0 spiro atoms. The number of hydrogen-bond acceptors (Lipinski definition) is 4. The molecule has 0 N–H and O–H groups in total. The Labute approximate surface area is 164 Å². The van der Waals surface area contributed by atoms with E-state index >= 15 is 0 Å². The van der Waals surface area contributed by atoms with Crippen molar-refractivity contribution in [3.05, 3.63) is 65.7 Å². The lowest BCUT2D eigenvalue weighted by atomic mass is 10.1. The highest BCUT2D eigenvalue weighted by Crippen LogP contribution is 2.20. The van der Waals surface area contributed by atoms with Crippen LogP contribution in [0.4, 0.5) is 0 Å². The zero-order valence-corrected chi connectivity index (χ0v) is 15.8. The average Bonchev–Trinajstić information content (AvgIpc) is 3.22. The predicted molar refractivity (Wildman–Crippen MR) is 105 cm³/mol. The van der Waals surface area contributed by atoms with Crippen molar-refractivity contribution >= 4 is 11.8 Å². The maximum atomic E-state index is 12.8. The highest BCUT2D eigenvalue weighted by molar-refractivity contribution is 5.98. The Balaban J connectivity index is 1.35. The number of hydrogen-bond donors (Lipinski definition) is 0. The van der Waals surface area contributed by atoms with E-state index in [0.29, 0.717) is 50.5 Å². The van der Waals surface area contributed by atoms with Crippen molar-refractivity contribution in [2.45, 2.75) is 12.5 Å². The van der Waals surface area contributed by atoms with Gasteiger partial charge in [0.05, 0.1) is 19.8 Å². The number of rotatable bonds is 4. The van der Waals surface area contributed by atoms with Gasteiger partial charge >= 0.3 is 0 Å². The molecule has 6 heteroatoms. The van der Waals surface area contributed by atoms with Crippen LogP contribution in [-0.2, 0) is 4.74 Å². The first-order valence-electron chi connectivity index (χ1n) is 9.69. The maximum absolute atomic E-state index is 12.8. The highest BCUT2D eigenvalue weighted by atomic mass is 16.5. The molecule has 2 aliphatic heterocycles. The highest BCUT2D eigenvalue weighted by Gasteiger charge is 2.28. The molecule has 2 fully saturated rings. The fourth-order valence-electron chi connectivity index (χ4n) is 3.59. The standard InChI is InChI=1S/C22H24N2O4/c25-21(23-12-14-27-15-13-23)17-6-8-18(9-7-17)22(26)24-11-10-20(16-24)28-19-4-2-1-3-5-19/h1-9,20H,10-16H2/t20-/m1/s1. The van der Waals surface area contributed by atoms with Crippen LogP contribution in [0.15, 0.2) is 54.6 Å². The summed E-state index contributed by atoms with van der Waals surface area (Å²) in [6.45, 7) is 3.60. The zero-order valence-electron chi connectivity index (χ0n) is 15.8. The summed E-state index contributed by atoms with van der Waals surface area (Å²) in [4.78, 5) is 28.9. The summed E-state index contributed by atoms with van der Waals surface area (Å²) < 4.78 is 11.2. The van der Waals surface area contributed by atoms with E-state index in [0.717, 1.165) is 12.2 Å². The van der Waals surface area contributed by atoms with E-state index in [9.17, 15) is 9.59 Å². The Kier molecular flexibility index (Phi) is 5.58. The first-order valence-corrected chi connectivity index (χ1v) is 9.69. The molecule has 146 valence electrons. The van der Waals surface area contributed by atoms with Crippen molar-refractivity contribution in [2.75, 3.05) is 39.4 Å². The number of carbonyl (C=O) groups excluding carboxylic acids is 2. The first kappa shape index (κ1) is 18.5. The summed E-state index contributed by atoms with van der Waals surface area (Å²) in [5, 5.41) is 0. The number of nitrogens with zero attached hydrogens (tertiary/aromatic N) is 2. The van der Waals surface area contributed by atoms with Gasteiger partial charge in [-0.1, -0.05) is 18.2 Å². The summed E-state index contributed by atoms with van der Waals surface area (Å²) in [5.74, 6) is 0.789. The topological polar surface area (TPSA) is 59.1 Å². The number of benzene rings is 2. The van der Waals surface area contributed by atoms with Gasteiger partial charge in [-0.15, -0.1) is 0 Å². The molecule has 0 radical (unpaired) electrons. The smallest absolute Gasteiger partial charge is 0.254 e. The van der Waals surface area contributed by atoms with E-state index in [2.05, 4.69) is 0 Å². The molecule has 0 bridgehead atoms. The van der Waals surface area contributed by atoms with E-state index in [4.69, 9.17) is 9.47 Å². The van der Waals surface area contributed by atoms with Crippen LogP contribution < -0.4 is 4.74 Å². The van der Waals surface area contributed by atoms with E-state index in [-0.39, 0.29) is 17.9 Å². The van der Waals surface area contributed by atoms with Crippen LogP contribution in [0.25, 0.3) is 0 Å². The van der Waals surface area contributed by atoms with Crippen molar-refractivity contribution in [1.82, 2.24) is 9.80 Å². The summed E-state index contributed by atoms with van der Waals surface area (Å²) in [7, 11) is 0. The van der Waals surface area contributed by atoms with Crippen LogP contribution in [0.3, 0.4) is 0 Å². The van der Waals surface area contributed by atoms with Gasteiger partial charge in [0.2, 0.25) is 0 Å². The lowest BCUT2D eigenvalue weighted by Gasteiger charge is -2.27. The Morgan fingerprint density at radius 2 is 1.43 bits per heavy atom. The minimum atomic E-state index is -0.0236. The number of amides is 2. The van der Waals surface area contributed by atoms with Gasteiger partial charge in [0.15, 0.2) is 0 Å². The molecule has 0 unspecified atom stereocenters. The van der Waals surface area contributed by atoms with Crippen LogP contribution >= 0.6 is 0 Å². The second-order valence-corrected chi connectivity index (χ2v) is 7.07. The lowest BCUT2D eigenvalue weighted by molar-refractivity contribution is 0.0303. The quantitative estimate of drug-likeness (QED) is 0.818. The van der Waals surface area contributed by atoms with Crippen LogP contribution in [-0.4, -0.2) is 67.1 Å². The lowest BCUT2D eigenvalue weighted by Crippen LogP contribution is -2.40. The van der Waals surface area contributed by atoms with Gasteiger partial charge in [-0.05, 0) is 36.4 Å². The molecule has 28 heavy (non-hydrogen) atoms. The molecule has 2 aromatic rings. The Morgan fingerprint density at radius 1 is 0.821 bits per heavy atom. The third-order valence-electron chi connectivity index (χ3n) is 5.16. The SMILES string of the molecule is O=C(c1ccc(C(=O)N2CC[C@@H](Oc3ccccc3)C2)cc1)N1CCOCC1. The molecule has 0 aliphatic carbocycles. The van der Waals surface area contributed by atoms with Crippen LogP contribution in [0.5, 0.6) is 5.75 Å². The van der Waals surface area contributed by atoms with Gasteiger partial charge in [-0.2, -0.15) is 0 Å². The average molecular weight is 380 g/mol. The number of carbonyl (C=O) groups is 2. The Hall–Kier alpha value is -2.86. The van der Waals surface area contributed by atoms with Crippen LogP contribution in [0.2, 0.25) is 0 Å². The summed E-state index contributed by atoms with van der Waals surface area (Å²) in [5.41, 5.74) is 1.20. The van der Waals surface area contributed by atoms with Gasteiger partial charge in [0.25, 0.3) is 11.8 Å². The monoisotopic (exact) mass is 380 g/mol. The van der Waals surface area contributed by atoms with Crippen molar-refractivity contribution in [1.29, 1.82) is 0 Å². The molecule has 0 saturated carbocycles. The minimum Gasteiger partial charge on any atom is -0.489 e. The molecule has 2 amide bonds. The molecular weight excluding hydrogens is 356 g/mol. The van der Waals surface area contributed by atoms with Gasteiger partial charge in [0, 0.05) is 37.2 Å². The Morgan fingerprint density at radius 3 is 2.07 bits per heavy atom. The molecule has 6 nitrogen and oxygen atoms in total. The number of para-hydroxylation sites is 1. The van der Waals surface area contributed by atoms with E-state index < -0.39 is 0 Å². The fraction of sp³-hybridized carbons (Fsp3) is 0.364. The number of morpholine rings is 1. The van der Waals surface area contributed by atoms with Crippen molar-refractivity contribution < 1.29 is 19.1 Å². The summed E-state index contributed by atoms with van der Waals surface area (Å²) in [6.07, 6.45) is 0.822. The van der Waals surface area contributed by atoms with Gasteiger partial charge in [-0.25, -0.2) is 0 Å². The van der Waals surface area contributed by atoms with Gasteiger partial charge < -0.3 is 19.3 Å². The van der Waals surface area contributed by atoms with Crippen molar-refractivity contribution in [3.63, 3.8) is 0 Å². The molecule has 2 saturated heterocycles. The summed E-state index contributed by atoms with van der Waals surface area (Å²) >= 11 is 0. The zero-order chi connectivity index (χ0) is 19.3. The van der Waals surface area contributed by atoms with E-state index in [1.165, 1.54) is 0 Å². The summed E-state index contributed by atoms with van der Waals surface area (Å²) in [6, 6.07) is 16.6. The molecule has 2 heterocycles. The van der Waals surface area contributed by atoms with Crippen molar-refractivity contribution in [3.8, 4) is 5.75 Å². The molecule has 4 rings (SSSR count). The largest absolute Gasteiger partial charge is 0.489 e. The van der Waals surface area contributed by atoms with Gasteiger partial charge in [-0.3, -0.25) is 9.59 Å². The van der Waals surface area contributed by atoms with Gasteiger partial charge in [0.1, 0.15) is 11.9 Å². The second kappa shape index (κ2) is 8.44. The molecule has 0 aromatic heterocycles. The molecule has 2 aromatic carbocycles. The van der Waals surface area contributed by atoms with E-state index in [1.807, 2.05) is 35.2 Å². The molecule has 2 aliphatic rings. The first-order chi connectivity index (χ1) is 13.7. The number of ether oxygens (including phenoxy) is 2. The fourth-order valence-corrected chi connectivity index (χ4v) is 3.59. The maximum Gasteiger partial charge on any atom is 0.254 e. The van der Waals surface area contributed by atoms with E-state index in [1.54, 1.807) is 29.2 Å².